The quantitative estimate of drug-likeness (QED) is 0.799. The van der Waals surface area contributed by atoms with Gasteiger partial charge in [-0.2, -0.15) is 0 Å². The highest BCUT2D eigenvalue weighted by molar-refractivity contribution is 6.29. The summed E-state index contributed by atoms with van der Waals surface area (Å²) in [6.45, 7) is 3.47. The molecular weight excluding hydrogens is 272 g/mol. The van der Waals surface area contributed by atoms with E-state index in [-0.39, 0.29) is 0 Å². The molecule has 0 unspecified atom stereocenters. The molecule has 1 aliphatic heterocycles. The van der Waals surface area contributed by atoms with Crippen LogP contribution in [0.5, 0.6) is 0 Å². The summed E-state index contributed by atoms with van der Waals surface area (Å²) < 4.78 is 0. The monoisotopic (exact) mass is 294 g/mol. The van der Waals surface area contributed by atoms with Gasteiger partial charge in [0.15, 0.2) is 0 Å². The Hall–Kier alpha value is -0.870. The third-order valence-corrected chi connectivity index (χ3v) is 4.60. The Balaban J connectivity index is 1.65. The van der Waals surface area contributed by atoms with Crippen LogP contribution in [0.3, 0.4) is 0 Å². The van der Waals surface area contributed by atoms with Crippen molar-refractivity contribution in [2.24, 2.45) is 5.92 Å². The minimum absolute atomic E-state index is 0.546. The molecule has 4 nitrogen and oxygen atoms in total. The van der Waals surface area contributed by atoms with Gasteiger partial charge in [-0.25, -0.2) is 9.97 Å². The topological polar surface area (TPSA) is 32.3 Å². The van der Waals surface area contributed by atoms with Crippen LogP contribution in [0.2, 0.25) is 5.15 Å². The van der Waals surface area contributed by atoms with Gasteiger partial charge in [-0.15, -0.1) is 0 Å². The standard InChI is InChI=1S/C15H23ClN4/c1-19-7-5-11(6-8-19)10-20(2)14-9-13(16)17-15(18-14)12-3-4-12/h9,11-12H,3-8,10H2,1-2H3. The highest BCUT2D eigenvalue weighted by Crippen LogP contribution is 2.39. The summed E-state index contributed by atoms with van der Waals surface area (Å²) in [5, 5.41) is 0.576. The van der Waals surface area contributed by atoms with E-state index in [1.165, 1.54) is 38.8 Å². The number of piperidine rings is 1. The highest BCUT2D eigenvalue weighted by atomic mass is 35.5. The molecule has 110 valence electrons. The van der Waals surface area contributed by atoms with Crippen molar-refractivity contribution in [1.82, 2.24) is 14.9 Å². The molecule has 1 aromatic rings. The fourth-order valence-electron chi connectivity index (χ4n) is 2.87. The van der Waals surface area contributed by atoms with Crippen molar-refractivity contribution >= 4 is 17.4 Å². The molecule has 2 heterocycles. The maximum atomic E-state index is 6.14. The summed E-state index contributed by atoms with van der Waals surface area (Å²) in [4.78, 5) is 13.7. The lowest BCUT2D eigenvalue weighted by molar-refractivity contribution is 0.222. The minimum Gasteiger partial charge on any atom is -0.359 e. The number of hydrogen-bond acceptors (Lipinski definition) is 4. The van der Waals surface area contributed by atoms with E-state index in [9.17, 15) is 0 Å². The smallest absolute Gasteiger partial charge is 0.135 e. The van der Waals surface area contributed by atoms with Crippen LogP contribution in [0.15, 0.2) is 6.07 Å². The van der Waals surface area contributed by atoms with Crippen molar-refractivity contribution in [3.8, 4) is 0 Å². The van der Waals surface area contributed by atoms with Gasteiger partial charge in [-0.05, 0) is 51.7 Å². The first-order valence-corrected chi connectivity index (χ1v) is 7.94. The molecular formula is C15H23ClN4. The Labute approximate surface area is 126 Å². The lowest BCUT2D eigenvalue weighted by Crippen LogP contribution is -2.36. The van der Waals surface area contributed by atoms with E-state index in [1.54, 1.807) is 0 Å². The van der Waals surface area contributed by atoms with Gasteiger partial charge >= 0.3 is 0 Å². The molecule has 0 spiro atoms. The molecule has 2 aliphatic rings. The van der Waals surface area contributed by atoms with Crippen molar-refractivity contribution in [2.75, 3.05) is 38.6 Å². The third-order valence-electron chi connectivity index (χ3n) is 4.40. The van der Waals surface area contributed by atoms with E-state index in [0.717, 1.165) is 24.1 Å². The van der Waals surface area contributed by atoms with Gasteiger partial charge in [0, 0.05) is 25.6 Å². The van der Waals surface area contributed by atoms with Gasteiger partial charge in [0.05, 0.1) is 0 Å². The van der Waals surface area contributed by atoms with E-state index in [0.29, 0.717) is 11.1 Å². The number of aromatic nitrogens is 2. The second kappa shape index (κ2) is 5.86. The predicted molar refractivity (Wildman–Crippen MR) is 82.5 cm³/mol. The molecule has 0 N–H and O–H groups in total. The van der Waals surface area contributed by atoms with E-state index < -0.39 is 0 Å². The van der Waals surface area contributed by atoms with Crippen molar-refractivity contribution in [3.05, 3.63) is 17.0 Å². The summed E-state index contributed by atoms with van der Waals surface area (Å²) in [6, 6.07) is 1.89. The van der Waals surface area contributed by atoms with Crippen LogP contribution < -0.4 is 4.90 Å². The molecule has 0 atom stereocenters. The van der Waals surface area contributed by atoms with Gasteiger partial charge in [0.2, 0.25) is 0 Å². The van der Waals surface area contributed by atoms with Crippen LogP contribution in [0.1, 0.15) is 37.4 Å². The molecule has 0 bridgehead atoms. The number of hydrogen-bond donors (Lipinski definition) is 0. The lowest BCUT2D eigenvalue weighted by Gasteiger charge is -2.32. The van der Waals surface area contributed by atoms with E-state index >= 15 is 0 Å². The maximum absolute atomic E-state index is 6.14. The minimum atomic E-state index is 0.546. The van der Waals surface area contributed by atoms with Gasteiger partial charge in [-0.1, -0.05) is 11.6 Å². The molecule has 0 aromatic carbocycles. The maximum Gasteiger partial charge on any atom is 0.135 e. The van der Waals surface area contributed by atoms with Crippen LogP contribution in [-0.2, 0) is 0 Å². The molecule has 0 amide bonds. The van der Waals surface area contributed by atoms with Crippen molar-refractivity contribution in [2.45, 2.75) is 31.6 Å². The Morgan fingerprint density at radius 1 is 1.25 bits per heavy atom. The number of halogens is 1. The van der Waals surface area contributed by atoms with Crippen molar-refractivity contribution in [1.29, 1.82) is 0 Å². The molecule has 5 heteroatoms. The first-order valence-electron chi connectivity index (χ1n) is 7.56. The van der Waals surface area contributed by atoms with Crippen LogP contribution in [0.25, 0.3) is 0 Å². The Kier molecular flexibility index (Phi) is 4.13. The van der Waals surface area contributed by atoms with Crippen LogP contribution in [0.4, 0.5) is 5.82 Å². The lowest BCUT2D eigenvalue weighted by atomic mass is 9.97. The molecule has 1 aromatic heterocycles. The predicted octanol–water partition coefficient (Wildman–Crippen LogP) is 2.79. The summed E-state index contributed by atoms with van der Waals surface area (Å²) in [5.74, 6) is 3.21. The first kappa shape index (κ1) is 14.1. The number of likely N-dealkylation sites (tertiary alicyclic amines) is 1. The number of anilines is 1. The summed E-state index contributed by atoms with van der Waals surface area (Å²) in [5.41, 5.74) is 0. The van der Waals surface area contributed by atoms with E-state index in [1.807, 2.05) is 6.07 Å². The van der Waals surface area contributed by atoms with Gasteiger partial charge in [0.1, 0.15) is 16.8 Å². The average molecular weight is 295 g/mol. The van der Waals surface area contributed by atoms with Gasteiger partial charge in [0.25, 0.3) is 0 Å². The van der Waals surface area contributed by atoms with Crippen LogP contribution in [-0.4, -0.2) is 48.6 Å². The highest BCUT2D eigenvalue weighted by Gasteiger charge is 2.28. The average Bonchev–Trinajstić information content (AvgIpc) is 3.25. The second-order valence-corrected chi connectivity index (χ2v) is 6.70. The van der Waals surface area contributed by atoms with E-state index in [2.05, 4.69) is 28.9 Å². The zero-order valence-corrected chi connectivity index (χ0v) is 13.1. The van der Waals surface area contributed by atoms with Crippen LogP contribution >= 0.6 is 11.6 Å². The third kappa shape index (κ3) is 3.41. The van der Waals surface area contributed by atoms with E-state index in [4.69, 9.17) is 16.6 Å². The fraction of sp³-hybridized carbons (Fsp3) is 0.733. The largest absolute Gasteiger partial charge is 0.359 e. The summed E-state index contributed by atoms with van der Waals surface area (Å²) in [7, 11) is 4.32. The summed E-state index contributed by atoms with van der Waals surface area (Å²) in [6.07, 6.45) is 4.96. The SMILES string of the molecule is CN1CCC(CN(C)c2cc(Cl)nc(C3CC3)n2)CC1. The fourth-order valence-corrected chi connectivity index (χ4v) is 3.05. The molecule has 3 rings (SSSR count). The Morgan fingerprint density at radius 3 is 2.60 bits per heavy atom. The van der Waals surface area contributed by atoms with Crippen LogP contribution in [0, 0.1) is 5.92 Å². The van der Waals surface area contributed by atoms with Gasteiger partial charge in [-0.3, -0.25) is 0 Å². The number of nitrogens with zero attached hydrogens (tertiary/aromatic N) is 4. The molecule has 20 heavy (non-hydrogen) atoms. The zero-order chi connectivity index (χ0) is 14.1. The molecule has 1 saturated carbocycles. The Morgan fingerprint density at radius 2 is 1.95 bits per heavy atom. The molecule has 1 aliphatic carbocycles. The molecule has 0 radical (unpaired) electrons. The molecule has 1 saturated heterocycles. The molecule has 2 fully saturated rings. The normalized spacial score (nSPS) is 21.1. The van der Waals surface area contributed by atoms with Crippen molar-refractivity contribution < 1.29 is 0 Å². The zero-order valence-electron chi connectivity index (χ0n) is 12.3. The Bertz CT molecular complexity index is 467. The van der Waals surface area contributed by atoms with Crippen molar-refractivity contribution in [3.63, 3.8) is 0 Å². The van der Waals surface area contributed by atoms with Gasteiger partial charge < -0.3 is 9.80 Å². The summed E-state index contributed by atoms with van der Waals surface area (Å²) >= 11 is 6.14. The second-order valence-electron chi connectivity index (χ2n) is 6.31. The first-order chi connectivity index (χ1) is 9.61. The number of rotatable bonds is 4.